The lowest BCUT2D eigenvalue weighted by Gasteiger charge is -2.10. The number of thiol groups is 1. The SMILES string of the molecule is O=C(O)c1cc(C(S)c2ccc(C(F)(F)F)cc2)on1. The largest absolute Gasteiger partial charge is 0.476 e. The molecule has 0 radical (unpaired) electrons. The molecule has 106 valence electrons. The Morgan fingerprint density at radius 3 is 2.35 bits per heavy atom. The van der Waals surface area contributed by atoms with Crippen molar-refractivity contribution in [1.29, 1.82) is 0 Å². The summed E-state index contributed by atoms with van der Waals surface area (Å²) in [4.78, 5) is 10.7. The van der Waals surface area contributed by atoms with E-state index >= 15 is 0 Å². The van der Waals surface area contributed by atoms with Gasteiger partial charge >= 0.3 is 12.1 Å². The zero-order valence-electron chi connectivity index (χ0n) is 9.76. The van der Waals surface area contributed by atoms with Gasteiger partial charge in [0, 0.05) is 6.07 Å². The van der Waals surface area contributed by atoms with E-state index in [4.69, 9.17) is 9.63 Å². The predicted molar refractivity (Wildman–Crippen MR) is 65.7 cm³/mol. The number of carbonyl (C=O) groups is 1. The van der Waals surface area contributed by atoms with Crippen LogP contribution in [0.1, 0.15) is 32.6 Å². The van der Waals surface area contributed by atoms with Crippen molar-refractivity contribution >= 4 is 18.6 Å². The van der Waals surface area contributed by atoms with Crippen molar-refractivity contribution in [3.63, 3.8) is 0 Å². The van der Waals surface area contributed by atoms with Gasteiger partial charge in [-0.2, -0.15) is 25.8 Å². The highest BCUT2D eigenvalue weighted by Crippen LogP contribution is 2.33. The van der Waals surface area contributed by atoms with Crippen LogP contribution in [0.4, 0.5) is 13.2 Å². The minimum Gasteiger partial charge on any atom is -0.476 e. The van der Waals surface area contributed by atoms with E-state index in [1.165, 1.54) is 18.2 Å². The Balaban J connectivity index is 2.24. The van der Waals surface area contributed by atoms with Crippen LogP contribution in [0.3, 0.4) is 0 Å². The third kappa shape index (κ3) is 2.96. The smallest absolute Gasteiger partial charge is 0.416 e. The highest BCUT2D eigenvalue weighted by atomic mass is 32.1. The Hall–Kier alpha value is -1.96. The number of aromatic carboxylic acids is 1. The first-order valence-electron chi connectivity index (χ1n) is 5.34. The van der Waals surface area contributed by atoms with E-state index in [1.807, 2.05) is 0 Å². The summed E-state index contributed by atoms with van der Waals surface area (Å²) in [5, 5.41) is 11.3. The molecule has 0 fully saturated rings. The third-order valence-electron chi connectivity index (χ3n) is 2.57. The van der Waals surface area contributed by atoms with E-state index in [-0.39, 0.29) is 11.5 Å². The molecule has 8 heteroatoms. The molecule has 1 heterocycles. The van der Waals surface area contributed by atoms with Crippen molar-refractivity contribution in [3.05, 3.63) is 52.9 Å². The maximum absolute atomic E-state index is 12.4. The first-order chi connectivity index (χ1) is 9.29. The van der Waals surface area contributed by atoms with E-state index in [1.54, 1.807) is 0 Å². The van der Waals surface area contributed by atoms with Crippen molar-refractivity contribution < 1.29 is 27.6 Å². The molecule has 0 saturated heterocycles. The fraction of sp³-hybridized carbons (Fsp3) is 0.167. The van der Waals surface area contributed by atoms with Crippen molar-refractivity contribution in [1.82, 2.24) is 5.16 Å². The average molecular weight is 303 g/mol. The first-order valence-corrected chi connectivity index (χ1v) is 5.86. The molecule has 0 bridgehead atoms. The summed E-state index contributed by atoms with van der Waals surface area (Å²) < 4.78 is 42.1. The predicted octanol–water partition coefficient (Wildman–Crippen LogP) is 3.41. The quantitative estimate of drug-likeness (QED) is 0.853. The van der Waals surface area contributed by atoms with Gasteiger partial charge in [-0.05, 0) is 17.7 Å². The van der Waals surface area contributed by atoms with Gasteiger partial charge in [-0.3, -0.25) is 0 Å². The van der Waals surface area contributed by atoms with Crippen LogP contribution in [-0.2, 0) is 6.18 Å². The fourth-order valence-electron chi connectivity index (χ4n) is 1.54. The summed E-state index contributed by atoms with van der Waals surface area (Å²) in [6.07, 6.45) is -4.41. The summed E-state index contributed by atoms with van der Waals surface area (Å²) in [6, 6.07) is 5.53. The Morgan fingerprint density at radius 1 is 1.30 bits per heavy atom. The molecule has 1 unspecified atom stereocenters. The number of alkyl halides is 3. The molecule has 20 heavy (non-hydrogen) atoms. The normalized spacial score (nSPS) is 13.2. The molecule has 4 nitrogen and oxygen atoms in total. The summed E-state index contributed by atoms with van der Waals surface area (Å²) >= 11 is 4.19. The van der Waals surface area contributed by atoms with Crippen LogP contribution in [0.2, 0.25) is 0 Å². The molecular formula is C12H8F3NO3S. The number of rotatable bonds is 3. The number of hydrogen-bond donors (Lipinski definition) is 2. The minimum absolute atomic E-state index is 0.144. The number of aromatic nitrogens is 1. The molecule has 0 aliphatic heterocycles. The van der Waals surface area contributed by atoms with Gasteiger partial charge in [0.05, 0.1) is 10.8 Å². The number of nitrogens with zero attached hydrogens (tertiary/aromatic N) is 1. The molecule has 0 aliphatic carbocycles. The van der Waals surface area contributed by atoms with Gasteiger partial charge in [-0.25, -0.2) is 4.79 Å². The first kappa shape index (κ1) is 14.4. The van der Waals surface area contributed by atoms with Gasteiger partial charge in [0.15, 0.2) is 11.5 Å². The van der Waals surface area contributed by atoms with Crippen LogP contribution in [-0.4, -0.2) is 16.2 Å². The fourth-order valence-corrected chi connectivity index (χ4v) is 1.83. The number of carboxylic acid groups (broad SMARTS) is 1. The number of hydrogen-bond acceptors (Lipinski definition) is 4. The molecule has 0 spiro atoms. The highest BCUT2D eigenvalue weighted by molar-refractivity contribution is 7.80. The third-order valence-corrected chi connectivity index (χ3v) is 3.12. The van der Waals surface area contributed by atoms with Crippen molar-refractivity contribution in [2.24, 2.45) is 0 Å². The summed E-state index contributed by atoms with van der Waals surface area (Å²) in [5.74, 6) is -1.11. The lowest BCUT2D eigenvalue weighted by molar-refractivity contribution is -0.137. The van der Waals surface area contributed by atoms with Crippen LogP contribution in [0, 0.1) is 0 Å². The molecule has 0 amide bonds. The molecule has 0 aliphatic rings. The average Bonchev–Trinajstić information content (AvgIpc) is 2.86. The zero-order chi connectivity index (χ0) is 14.9. The Kier molecular flexibility index (Phi) is 3.76. The molecular weight excluding hydrogens is 295 g/mol. The summed E-state index contributed by atoms with van der Waals surface area (Å²) in [7, 11) is 0. The Morgan fingerprint density at radius 2 is 1.90 bits per heavy atom. The summed E-state index contributed by atoms with van der Waals surface area (Å²) in [6.45, 7) is 0. The second kappa shape index (κ2) is 5.20. The van der Waals surface area contributed by atoms with Crippen LogP contribution >= 0.6 is 12.6 Å². The Bertz CT molecular complexity index is 622. The van der Waals surface area contributed by atoms with Crippen molar-refractivity contribution in [3.8, 4) is 0 Å². The topological polar surface area (TPSA) is 63.3 Å². The second-order valence-corrected chi connectivity index (χ2v) is 4.46. The van der Waals surface area contributed by atoms with E-state index in [9.17, 15) is 18.0 Å². The van der Waals surface area contributed by atoms with Crippen LogP contribution in [0.15, 0.2) is 34.9 Å². The van der Waals surface area contributed by atoms with Gasteiger partial charge < -0.3 is 9.63 Å². The van der Waals surface area contributed by atoms with Crippen LogP contribution in [0.5, 0.6) is 0 Å². The number of halogens is 3. The summed E-state index contributed by atoms with van der Waals surface area (Å²) in [5.41, 5.74) is -0.619. The van der Waals surface area contributed by atoms with Crippen LogP contribution in [0.25, 0.3) is 0 Å². The van der Waals surface area contributed by atoms with Gasteiger partial charge in [0.25, 0.3) is 0 Å². The van der Waals surface area contributed by atoms with E-state index < -0.39 is 23.0 Å². The van der Waals surface area contributed by atoms with E-state index in [0.717, 1.165) is 12.1 Å². The zero-order valence-corrected chi connectivity index (χ0v) is 10.7. The van der Waals surface area contributed by atoms with E-state index in [2.05, 4.69) is 17.8 Å². The maximum atomic E-state index is 12.4. The molecule has 2 rings (SSSR count). The van der Waals surface area contributed by atoms with Crippen molar-refractivity contribution in [2.45, 2.75) is 11.4 Å². The lowest BCUT2D eigenvalue weighted by atomic mass is 10.1. The molecule has 1 aromatic heterocycles. The molecule has 1 atom stereocenters. The van der Waals surface area contributed by atoms with Gasteiger partial charge in [-0.15, -0.1) is 0 Å². The second-order valence-electron chi connectivity index (χ2n) is 3.94. The van der Waals surface area contributed by atoms with Crippen molar-refractivity contribution in [2.75, 3.05) is 0 Å². The molecule has 2 aromatic rings. The van der Waals surface area contributed by atoms with Crippen LogP contribution < -0.4 is 0 Å². The van der Waals surface area contributed by atoms with E-state index in [0.29, 0.717) is 5.56 Å². The standard InChI is InChI=1S/C12H8F3NO3S/c13-12(14,15)7-3-1-6(2-4-7)10(20)9-5-8(11(17)18)16-19-9/h1-5,10,20H,(H,17,18). The highest BCUT2D eigenvalue weighted by Gasteiger charge is 2.30. The van der Waals surface area contributed by atoms with Gasteiger partial charge in [0.1, 0.15) is 0 Å². The molecule has 0 saturated carbocycles. The minimum atomic E-state index is -4.41. The molecule has 1 N–H and O–H groups in total. The number of carboxylic acids is 1. The monoisotopic (exact) mass is 303 g/mol. The number of benzene rings is 1. The Labute approximate surface area is 116 Å². The lowest BCUT2D eigenvalue weighted by Crippen LogP contribution is -2.04. The van der Waals surface area contributed by atoms with Gasteiger partial charge in [-0.1, -0.05) is 17.3 Å². The maximum Gasteiger partial charge on any atom is 0.416 e. The molecule has 1 aromatic carbocycles. The van der Waals surface area contributed by atoms with Gasteiger partial charge in [0.2, 0.25) is 0 Å².